The molecule has 0 unspecified atom stereocenters. The molecule has 2 fully saturated rings. The van der Waals surface area contributed by atoms with Crippen LogP contribution in [-0.2, 0) is 4.79 Å². The lowest BCUT2D eigenvalue weighted by atomic mass is 9.73. The Morgan fingerprint density at radius 3 is 2.62 bits per heavy atom. The van der Waals surface area contributed by atoms with E-state index in [-0.39, 0.29) is 5.41 Å². The minimum atomic E-state index is 0.206. The van der Waals surface area contributed by atoms with Crippen LogP contribution in [0.2, 0.25) is 0 Å². The molecule has 0 bridgehead atoms. The van der Waals surface area contributed by atoms with Crippen LogP contribution in [0.15, 0.2) is 0 Å². The summed E-state index contributed by atoms with van der Waals surface area (Å²) in [5.74, 6) is 2.25. The van der Waals surface area contributed by atoms with Gasteiger partial charge in [-0.05, 0) is 54.1 Å². The lowest BCUT2D eigenvalue weighted by molar-refractivity contribution is -0.138. The van der Waals surface area contributed by atoms with Gasteiger partial charge in [-0.3, -0.25) is 4.79 Å². The number of carbonyl (C=O) groups is 1. The van der Waals surface area contributed by atoms with Gasteiger partial charge in [0.15, 0.2) is 0 Å². The lowest BCUT2D eigenvalue weighted by Gasteiger charge is -2.49. The molecule has 1 spiro atoms. The maximum absolute atomic E-state index is 12.4. The van der Waals surface area contributed by atoms with Crippen LogP contribution < -0.4 is 4.90 Å². The van der Waals surface area contributed by atoms with Crippen LogP contribution in [0.4, 0.5) is 5.82 Å². The fourth-order valence-corrected chi connectivity index (χ4v) is 4.41. The highest BCUT2D eigenvalue weighted by atomic mass is 16.2. The first kappa shape index (κ1) is 19.1. The van der Waals surface area contributed by atoms with Crippen LogP contribution >= 0.6 is 0 Å². The first-order valence-corrected chi connectivity index (χ1v) is 9.79. The van der Waals surface area contributed by atoms with Gasteiger partial charge < -0.3 is 14.7 Å². The first-order chi connectivity index (χ1) is 12.3. The Labute approximate surface area is 157 Å². The van der Waals surface area contributed by atoms with Gasteiger partial charge in [0.25, 0.3) is 0 Å². The van der Waals surface area contributed by atoms with E-state index in [1.165, 1.54) is 12.0 Å². The van der Waals surface area contributed by atoms with Crippen LogP contribution in [0.25, 0.3) is 0 Å². The van der Waals surface area contributed by atoms with Crippen molar-refractivity contribution in [3.8, 4) is 0 Å². The van der Waals surface area contributed by atoms with Crippen molar-refractivity contribution in [1.29, 1.82) is 0 Å². The molecule has 0 radical (unpaired) electrons. The predicted molar refractivity (Wildman–Crippen MR) is 104 cm³/mol. The summed E-state index contributed by atoms with van der Waals surface area (Å²) in [5.41, 5.74) is 2.46. The van der Waals surface area contributed by atoms with Gasteiger partial charge in [0.05, 0.1) is 0 Å². The molecular formula is C20H33N5O. The number of hydrogen-bond acceptors (Lipinski definition) is 5. The molecule has 0 saturated carbocycles. The van der Waals surface area contributed by atoms with Crippen molar-refractivity contribution in [2.24, 2.45) is 5.41 Å². The van der Waals surface area contributed by atoms with Crippen molar-refractivity contribution in [1.82, 2.24) is 19.8 Å². The van der Waals surface area contributed by atoms with Gasteiger partial charge in [0, 0.05) is 55.8 Å². The minimum absolute atomic E-state index is 0.206. The van der Waals surface area contributed by atoms with Gasteiger partial charge in [-0.25, -0.2) is 9.97 Å². The standard InChI is InChI=1S/C20H33N5O/c1-15-16(2)21-17(3)22-19(15)25-10-6-8-20(14-25)9-7-18(26)24(13-20)12-11-23(4)5/h6-14H2,1-5H3/t20-/m0/s1. The number of piperidine rings is 2. The second kappa shape index (κ2) is 7.51. The molecule has 26 heavy (non-hydrogen) atoms. The lowest BCUT2D eigenvalue weighted by Crippen LogP contribution is -2.55. The van der Waals surface area contributed by atoms with E-state index < -0.39 is 0 Å². The molecule has 0 aliphatic carbocycles. The van der Waals surface area contributed by atoms with Crippen molar-refractivity contribution in [3.05, 3.63) is 17.1 Å². The fourth-order valence-electron chi connectivity index (χ4n) is 4.41. The third kappa shape index (κ3) is 4.00. The number of hydrogen-bond donors (Lipinski definition) is 0. The SMILES string of the molecule is Cc1nc(C)c(C)c(N2CCC[C@@]3(CCC(=O)N(CCN(C)C)C3)C2)n1. The van der Waals surface area contributed by atoms with E-state index in [9.17, 15) is 4.79 Å². The average Bonchev–Trinajstić information content (AvgIpc) is 2.59. The molecule has 3 heterocycles. The van der Waals surface area contributed by atoms with Crippen LogP contribution in [0, 0.1) is 26.2 Å². The Hall–Kier alpha value is -1.69. The maximum Gasteiger partial charge on any atom is 0.222 e. The molecular weight excluding hydrogens is 326 g/mol. The topological polar surface area (TPSA) is 52.6 Å². The van der Waals surface area contributed by atoms with Gasteiger partial charge >= 0.3 is 0 Å². The molecule has 6 heteroatoms. The van der Waals surface area contributed by atoms with E-state index in [1.807, 2.05) is 6.92 Å². The quantitative estimate of drug-likeness (QED) is 0.825. The molecule has 2 saturated heterocycles. The predicted octanol–water partition coefficient (Wildman–Crippen LogP) is 2.17. The minimum Gasteiger partial charge on any atom is -0.356 e. The Bertz CT molecular complexity index is 674. The zero-order chi connectivity index (χ0) is 18.9. The number of likely N-dealkylation sites (tertiary alicyclic amines) is 1. The average molecular weight is 360 g/mol. The highest BCUT2D eigenvalue weighted by molar-refractivity contribution is 5.77. The number of aromatic nitrogens is 2. The van der Waals surface area contributed by atoms with E-state index in [2.05, 4.69) is 47.6 Å². The summed E-state index contributed by atoms with van der Waals surface area (Å²) < 4.78 is 0. The molecule has 1 aromatic heterocycles. The molecule has 1 aromatic rings. The molecule has 144 valence electrons. The van der Waals surface area contributed by atoms with Gasteiger partial charge in [0.2, 0.25) is 5.91 Å². The molecule has 0 N–H and O–H groups in total. The number of likely N-dealkylation sites (N-methyl/N-ethyl adjacent to an activating group) is 1. The summed E-state index contributed by atoms with van der Waals surface area (Å²) in [4.78, 5) is 28.3. The third-order valence-electron chi connectivity index (χ3n) is 6.00. The number of amides is 1. The molecule has 2 aliphatic heterocycles. The van der Waals surface area contributed by atoms with Crippen molar-refractivity contribution in [2.45, 2.75) is 46.5 Å². The van der Waals surface area contributed by atoms with Gasteiger partial charge in [-0.2, -0.15) is 0 Å². The molecule has 1 atom stereocenters. The zero-order valence-corrected chi connectivity index (χ0v) is 17.0. The number of aryl methyl sites for hydroxylation is 2. The van der Waals surface area contributed by atoms with E-state index in [0.29, 0.717) is 12.3 Å². The van der Waals surface area contributed by atoms with Crippen molar-refractivity contribution in [2.75, 3.05) is 51.7 Å². The number of rotatable bonds is 4. The van der Waals surface area contributed by atoms with E-state index in [4.69, 9.17) is 4.98 Å². The summed E-state index contributed by atoms with van der Waals surface area (Å²) >= 11 is 0. The second-order valence-corrected chi connectivity index (χ2v) is 8.45. The highest BCUT2D eigenvalue weighted by Gasteiger charge is 2.42. The molecule has 2 aliphatic rings. The maximum atomic E-state index is 12.4. The summed E-state index contributed by atoms with van der Waals surface area (Å²) in [6, 6.07) is 0. The number of carbonyl (C=O) groups excluding carboxylic acids is 1. The third-order valence-corrected chi connectivity index (χ3v) is 6.00. The van der Waals surface area contributed by atoms with Crippen LogP contribution in [0.3, 0.4) is 0 Å². The van der Waals surface area contributed by atoms with Crippen LogP contribution in [0.1, 0.15) is 42.8 Å². The number of nitrogens with zero attached hydrogens (tertiary/aromatic N) is 5. The Morgan fingerprint density at radius 2 is 1.88 bits per heavy atom. The zero-order valence-electron chi connectivity index (χ0n) is 17.0. The highest BCUT2D eigenvalue weighted by Crippen LogP contribution is 2.40. The monoisotopic (exact) mass is 359 g/mol. The Morgan fingerprint density at radius 1 is 1.12 bits per heavy atom. The van der Waals surface area contributed by atoms with E-state index in [1.54, 1.807) is 0 Å². The molecule has 3 rings (SSSR count). The number of anilines is 1. The van der Waals surface area contributed by atoms with Crippen molar-refractivity contribution in [3.63, 3.8) is 0 Å². The summed E-state index contributed by atoms with van der Waals surface area (Å²) in [6.45, 7) is 10.8. The Balaban J connectivity index is 1.78. The van der Waals surface area contributed by atoms with Crippen LogP contribution in [-0.4, -0.2) is 72.5 Å². The Kier molecular flexibility index (Phi) is 5.51. The van der Waals surface area contributed by atoms with E-state index >= 15 is 0 Å². The normalized spacial score (nSPS) is 24.0. The molecule has 1 amide bonds. The van der Waals surface area contributed by atoms with Gasteiger partial charge in [0.1, 0.15) is 11.6 Å². The van der Waals surface area contributed by atoms with Gasteiger partial charge in [-0.1, -0.05) is 0 Å². The summed E-state index contributed by atoms with van der Waals surface area (Å²) in [5, 5.41) is 0. The summed E-state index contributed by atoms with van der Waals surface area (Å²) in [7, 11) is 4.13. The van der Waals surface area contributed by atoms with Crippen molar-refractivity contribution >= 4 is 11.7 Å². The fraction of sp³-hybridized carbons (Fsp3) is 0.750. The molecule has 6 nitrogen and oxygen atoms in total. The van der Waals surface area contributed by atoms with Crippen LogP contribution in [0.5, 0.6) is 0 Å². The smallest absolute Gasteiger partial charge is 0.222 e. The van der Waals surface area contributed by atoms with Gasteiger partial charge in [-0.15, -0.1) is 0 Å². The van der Waals surface area contributed by atoms with E-state index in [0.717, 1.165) is 62.9 Å². The second-order valence-electron chi connectivity index (χ2n) is 8.45. The molecule has 0 aromatic carbocycles. The summed E-state index contributed by atoms with van der Waals surface area (Å²) in [6.07, 6.45) is 4.06. The largest absolute Gasteiger partial charge is 0.356 e. The first-order valence-electron chi connectivity index (χ1n) is 9.79. The van der Waals surface area contributed by atoms with Crippen molar-refractivity contribution < 1.29 is 4.79 Å².